The van der Waals surface area contributed by atoms with Crippen LogP contribution in [0.4, 0.5) is 4.79 Å². The molecule has 5 nitrogen and oxygen atoms in total. The molecule has 33 heavy (non-hydrogen) atoms. The number of H-pyrrole nitrogens is 1. The van der Waals surface area contributed by atoms with Gasteiger partial charge in [-0.05, 0) is 40.3 Å². The SMILES string of the molecule is O=Cc1c[nH]c2cccc(C=CCCNC(=O)OCC3c4ccccc4-c4ccccc43)c12. The number of ether oxygens (including phenoxy) is 1. The van der Waals surface area contributed by atoms with Gasteiger partial charge >= 0.3 is 6.09 Å². The lowest BCUT2D eigenvalue weighted by Gasteiger charge is -2.14. The van der Waals surface area contributed by atoms with Crippen LogP contribution in [0.3, 0.4) is 0 Å². The summed E-state index contributed by atoms with van der Waals surface area (Å²) < 4.78 is 5.56. The molecule has 0 aliphatic heterocycles. The fourth-order valence-corrected chi connectivity index (χ4v) is 4.59. The molecule has 0 atom stereocenters. The molecule has 4 aromatic rings. The summed E-state index contributed by atoms with van der Waals surface area (Å²) in [5, 5.41) is 3.73. The molecule has 0 saturated carbocycles. The van der Waals surface area contributed by atoms with Crippen LogP contribution in [0.25, 0.3) is 28.1 Å². The van der Waals surface area contributed by atoms with Gasteiger partial charge < -0.3 is 15.0 Å². The number of hydrogen-bond donors (Lipinski definition) is 2. The van der Waals surface area contributed by atoms with Crippen molar-refractivity contribution in [2.75, 3.05) is 13.2 Å². The van der Waals surface area contributed by atoms with Gasteiger partial charge in [-0.1, -0.05) is 72.8 Å². The predicted octanol–water partition coefficient (Wildman–Crippen LogP) is 5.92. The predicted molar refractivity (Wildman–Crippen MR) is 130 cm³/mol. The number of carbonyl (C=O) groups excluding carboxylic acids is 2. The van der Waals surface area contributed by atoms with Crippen molar-refractivity contribution >= 4 is 29.4 Å². The lowest BCUT2D eigenvalue weighted by atomic mass is 9.98. The number of benzene rings is 3. The zero-order valence-corrected chi connectivity index (χ0v) is 18.1. The number of aldehydes is 1. The van der Waals surface area contributed by atoms with Crippen LogP contribution in [0, 0.1) is 0 Å². The molecule has 1 heterocycles. The molecule has 1 amide bonds. The van der Waals surface area contributed by atoms with Crippen molar-refractivity contribution in [2.24, 2.45) is 0 Å². The molecule has 5 heteroatoms. The van der Waals surface area contributed by atoms with E-state index >= 15 is 0 Å². The fraction of sp³-hybridized carbons (Fsp3) is 0.143. The van der Waals surface area contributed by atoms with E-state index in [1.54, 1.807) is 6.20 Å². The minimum Gasteiger partial charge on any atom is -0.449 e. The van der Waals surface area contributed by atoms with Crippen molar-refractivity contribution in [1.82, 2.24) is 10.3 Å². The van der Waals surface area contributed by atoms with Crippen LogP contribution < -0.4 is 5.32 Å². The standard InChI is InChI=1S/C28H24N2O3/c31-17-20-16-30-26-14-7-9-19(27(20)26)8-5-6-15-29-28(32)33-18-25-23-12-3-1-10-21(23)22-11-2-4-13-24(22)25/h1-5,7-14,16-17,25,30H,6,15,18H2,(H,29,32). The highest BCUT2D eigenvalue weighted by Crippen LogP contribution is 2.44. The van der Waals surface area contributed by atoms with Gasteiger partial charge in [0.2, 0.25) is 0 Å². The average molecular weight is 437 g/mol. The first-order valence-corrected chi connectivity index (χ1v) is 11.1. The third kappa shape index (κ3) is 4.05. The van der Waals surface area contributed by atoms with E-state index in [2.05, 4.69) is 34.6 Å². The summed E-state index contributed by atoms with van der Waals surface area (Å²) in [6.45, 7) is 0.774. The molecule has 1 aromatic heterocycles. The van der Waals surface area contributed by atoms with E-state index in [9.17, 15) is 9.59 Å². The molecular formula is C28H24N2O3. The normalized spacial score (nSPS) is 12.6. The van der Waals surface area contributed by atoms with Crippen LogP contribution in [0.2, 0.25) is 0 Å². The van der Waals surface area contributed by atoms with Crippen molar-refractivity contribution in [3.63, 3.8) is 0 Å². The number of aromatic amines is 1. The van der Waals surface area contributed by atoms with Gasteiger partial charge in [-0.25, -0.2) is 4.79 Å². The number of nitrogens with one attached hydrogen (secondary N) is 2. The molecule has 5 rings (SSSR count). The van der Waals surface area contributed by atoms with Gasteiger partial charge in [0, 0.05) is 35.1 Å². The van der Waals surface area contributed by atoms with Crippen LogP contribution in [0.1, 0.15) is 39.4 Å². The molecule has 0 fully saturated rings. The monoisotopic (exact) mass is 436 g/mol. The maximum atomic E-state index is 12.3. The Morgan fingerprint density at radius 1 is 0.939 bits per heavy atom. The highest BCUT2D eigenvalue weighted by Gasteiger charge is 2.28. The minimum absolute atomic E-state index is 0.0527. The van der Waals surface area contributed by atoms with Crippen molar-refractivity contribution in [3.05, 3.63) is 101 Å². The van der Waals surface area contributed by atoms with E-state index in [1.807, 2.05) is 54.6 Å². The Bertz CT molecular complexity index is 1310. The lowest BCUT2D eigenvalue weighted by Crippen LogP contribution is -2.26. The highest BCUT2D eigenvalue weighted by molar-refractivity contribution is 6.01. The van der Waals surface area contributed by atoms with E-state index in [0.29, 0.717) is 25.1 Å². The van der Waals surface area contributed by atoms with E-state index in [0.717, 1.165) is 22.8 Å². The Hall–Kier alpha value is -4.12. The maximum Gasteiger partial charge on any atom is 0.407 e. The summed E-state index contributed by atoms with van der Waals surface area (Å²) in [7, 11) is 0. The maximum absolute atomic E-state index is 12.3. The van der Waals surface area contributed by atoms with Gasteiger partial charge in [-0.3, -0.25) is 4.79 Å². The molecule has 0 spiro atoms. The van der Waals surface area contributed by atoms with Crippen molar-refractivity contribution in [3.8, 4) is 11.1 Å². The van der Waals surface area contributed by atoms with Gasteiger partial charge in [-0.2, -0.15) is 0 Å². The van der Waals surface area contributed by atoms with Gasteiger partial charge in [-0.15, -0.1) is 0 Å². The summed E-state index contributed by atoms with van der Waals surface area (Å²) in [5.41, 5.74) is 7.35. The first-order valence-electron chi connectivity index (χ1n) is 11.1. The molecule has 164 valence electrons. The molecule has 0 radical (unpaired) electrons. The molecule has 1 aliphatic rings. The topological polar surface area (TPSA) is 71.2 Å². The van der Waals surface area contributed by atoms with E-state index < -0.39 is 6.09 Å². The van der Waals surface area contributed by atoms with Crippen LogP contribution in [0.5, 0.6) is 0 Å². The van der Waals surface area contributed by atoms with Gasteiger partial charge in [0.1, 0.15) is 6.61 Å². The van der Waals surface area contributed by atoms with Crippen molar-refractivity contribution in [1.29, 1.82) is 0 Å². The number of rotatable bonds is 7. The number of carbonyl (C=O) groups is 2. The Morgan fingerprint density at radius 2 is 1.67 bits per heavy atom. The Kier molecular flexibility index (Phi) is 5.77. The Morgan fingerprint density at radius 3 is 2.39 bits per heavy atom. The summed E-state index contributed by atoms with van der Waals surface area (Å²) in [5.74, 6) is 0.0527. The number of fused-ring (bicyclic) bond motifs is 4. The Labute approximate surface area is 192 Å². The second kappa shape index (κ2) is 9.17. The smallest absolute Gasteiger partial charge is 0.407 e. The molecule has 3 aromatic carbocycles. The lowest BCUT2D eigenvalue weighted by molar-refractivity contribution is 0.112. The second-order valence-electron chi connectivity index (χ2n) is 8.08. The first kappa shape index (κ1) is 20.8. The van der Waals surface area contributed by atoms with Gasteiger partial charge in [0.25, 0.3) is 0 Å². The van der Waals surface area contributed by atoms with E-state index in [-0.39, 0.29) is 5.92 Å². The van der Waals surface area contributed by atoms with Crippen LogP contribution in [0.15, 0.2) is 79.0 Å². The summed E-state index contributed by atoms with van der Waals surface area (Å²) >= 11 is 0. The molecule has 2 N–H and O–H groups in total. The number of hydrogen-bond acceptors (Lipinski definition) is 3. The van der Waals surface area contributed by atoms with Crippen LogP contribution >= 0.6 is 0 Å². The third-order valence-electron chi connectivity index (χ3n) is 6.12. The summed E-state index contributed by atoms with van der Waals surface area (Å²) in [4.78, 5) is 26.7. The van der Waals surface area contributed by atoms with Crippen molar-refractivity contribution < 1.29 is 14.3 Å². The second-order valence-corrected chi connectivity index (χ2v) is 8.08. The molecule has 0 unspecified atom stereocenters. The van der Waals surface area contributed by atoms with Gasteiger partial charge in [0.05, 0.1) is 0 Å². The number of amides is 1. The van der Waals surface area contributed by atoms with Gasteiger partial charge in [0.15, 0.2) is 6.29 Å². The Balaban J connectivity index is 1.15. The zero-order chi connectivity index (χ0) is 22.6. The number of aromatic nitrogens is 1. The summed E-state index contributed by atoms with van der Waals surface area (Å²) in [6.07, 6.45) is 6.77. The fourth-order valence-electron chi connectivity index (χ4n) is 4.59. The van der Waals surface area contributed by atoms with Crippen LogP contribution in [-0.2, 0) is 4.74 Å². The first-order chi connectivity index (χ1) is 16.3. The average Bonchev–Trinajstić information content (AvgIpc) is 3.42. The summed E-state index contributed by atoms with van der Waals surface area (Å²) in [6, 6.07) is 22.4. The highest BCUT2D eigenvalue weighted by atomic mass is 16.5. The van der Waals surface area contributed by atoms with E-state index in [4.69, 9.17) is 4.74 Å². The number of alkyl carbamates (subject to hydrolysis) is 1. The molecule has 1 aliphatic carbocycles. The quantitative estimate of drug-likeness (QED) is 0.279. The molecular weight excluding hydrogens is 412 g/mol. The third-order valence-corrected chi connectivity index (χ3v) is 6.12. The largest absolute Gasteiger partial charge is 0.449 e. The van der Waals surface area contributed by atoms with Crippen LogP contribution in [-0.4, -0.2) is 30.5 Å². The van der Waals surface area contributed by atoms with Crippen molar-refractivity contribution in [2.45, 2.75) is 12.3 Å². The van der Waals surface area contributed by atoms with E-state index in [1.165, 1.54) is 22.3 Å². The zero-order valence-electron chi connectivity index (χ0n) is 18.1. The molecule has 0 bridgehead atoms. The minimum atomic E-state index is -0.416. The molecule has 0 saturated heterocycles.